The monoisotopic (exact) mass is 499 g/mol. The molecule has 11 heteroatoms. The van der Waals surface area contributed by atoms with E-state index in [1.165, 1.54) is 6.20 Å². The summed E-state index contributed by atoms with van der Waals surface area (Å²) in [4.78, 5) is 42.5. The van der Waals surface area contributed by atoms with Gasteiger partial charge in [0.25, 0.3) is 5.91 Å². The average molecular weight is 500 g/mol. The van der Waals surface area contributed by atoms with E-state index in [9.17, 15) is 9.59 Å². The van der Waals surface area contributed by atoms with Crippen molar-refractivity contribution in [1.29, 1.82) is 0 Å². The maximum Gasteiger partial charge on any atom is 0.275 e. The molecule has 0 bridgehead atoms. The third-order valence-corrected chi connectivity index (χ3v) is 6.74. The van der Waals surface area contributed by atoms with Crippen molar-refractivity contribution in [2.24, 2.45) is 10.7 Å². The number of anilines is 2. The van der Waals surface area contributed by atoms with Crippen molar-refractivity contribution in [3.63, 3.8) is 0 Å². The Labute approximate surface area is 209 Å². The summed E-state index contributed by atoms with van der Waals surface area (Å²) in [5, 5.41) is 3.09. The zero-order valence-electron chi connectivity index (χ0n) is 20.3. The lowest BCUT2D eigenvalue weighted by atomic mass is 9.86. The first-order chi connectivity index (χ1) is 16.6. The molecular formula is C24H30ClN7O3. The van der Waals surface area contributed by atoms with Crippen molar-refractivity contribution in [3.8, 4) is 0 Å². The normalized spacial score (nSPS) is 24.7. The zero-order valence-corrected chi connectivity index (χ0v) is 21.0. The highest BCUT2D eigenvalue weighted by atomic mass is 35.5. The van der Waals surface area contributed by atoms with Gasteiger partial charge in [0.05, 0.1) is 41.2 Å². The highest BCUT2D eigenvalue weighted by Crippen LogP contribution is 2.41. The molecule has 0 aliphatic carbocycles. The molecule has 186 valence electrons. The van der Waals surface area contributed by atoms with Gasteiger partial charge in [0.1, 0.15) is 11.5 Å². The lowest BCUT2D eigenvalue weighted by Gasteiger charge is -2.41. The highest BCUT2D eigenvalue weighted by molar-refractivity contribution is 6.35. The molecule has 3 heterocycles. The maximum absolute atomic E-state index is 13.2. The van der Waals surface area contributed by atoms with E-state index in [-0.39, 0.29) is 41.1 Å². The molecule has 2 aliphatic rings. The Hall–Kier alpha value is -3.24. The number of benzene rings is 1. The summed E-state index contributed by atoms with van der Waals surface area (Å²) in [6, 6.07) is 5.19. The molecule has 2 aromatic rings. The Morgan fingerprint density at radius 3 is 2.80 bits per heavy atom. The Morgan fingerprint density at radius 2 is 2.11 bits per heavy atom. The fourth-order valence-corrected chi connectivity index (χ4v) is 4.90. The van der Waals surface area contributed by atoms with E-state index in [4.69, 9.17) is 27.1 Å². The lowest BCUT2D eigenvalue weighted by molar-refractivity contribution is -0.133. The number of carbonyl (C=O) groups excluding carboxylic acids is 2. The molecule has 3 N–H and O–H groups in total. The molecule has 1 unspecified atom stereocenters. The molecule has 1 saturated heterocycles. The molecule has 1 aromatic carbocycles. The van der Waals surface area contributed by atoms with Crippen LogP contribution in [0, 0.1) is 0 Å². The van der Waals surface area contributed by atoms with Gasteiger partial charge in [-0.25, -0.2) is 9.98 Å². The second kappa shape index (κ2) is 9.79. The number of aromatic nitrogens is 2. The van der Waals surface area contributed by atoms with Crippen LogP contribution in [0.25, 0.3) is 0 Å². The fraction of sp³-hybridized carbons (Fsp3) is 0.458. The first-order valence-corrected chi connectivity index (χ1v) is 11.9. The highest BCUT2D eigenvalue weighted by Gasteiger charge is 2.42. The average Bonchev–Trinajstić information content (AvgIpc) is 2.80. The molecule has 0 saturated carbocycles. The van der Waals surface area contributed by atoms with Crippen LogP contribution in [-0.4, -0.2) is 65.5 Å². The van der Waals surface area contributed by atoms with Crippen LogP contribution in [0.1, 0.15) is 49.2 Å². The Bertz CT molecular complexity index is 1170. The van der Waals surface area contributed by atoms with Crippen LogP contribution in [0.5, 0.6) is 0 Å². The third kappa shape index (κ3) is 5.08. The first-order valence-electron chi connectivity index (χ1n) is 11.5. The van der Waals surface area contributed by atoms with Gasteiger partial charge in [-0.2, -0.15) is 0 Å². The predicted octanol–water partition coefficient (Wildman–Crippen LogP) is 2.78. The van der Waals surface area contributed by atoms with E-state index in [2.05, 4.69) is 15.3 Å². The van der Waals surface area contributed by atoms with Gasteiger partial charge in [0.15, 0.2) is 5.96 Å². The second-order valence-electron chi connectivity index (χ2n) is 9.32. The zero-order chi connectivity index (χ0) is 25.3. The van der Waals surface area contributed by atoms with Crippen molar-refractivity contribution in [3.05, 3.63) is 46.9 Å². The minimum atomic E-state index is -0.975. The van der Waals surface area contributed by atoms with Crippen molar-refractivity contribution in [1.82, 2.24) is 14.9 Å². The van der Waals surface area contributed by atoms with E-state index >= 15 is 0 Å². The van der Waals surface area contributed by atoms with E-state index < -0.39 is 11.4 Å². The van der Waals surface area contributed by atoms with Gasteiger partial charge in [-0.05, 0) is 32.8 Å². The number of hydrogen-bond donors (Lipinski definition) is 2. The van der Waals surface area contributed by atoms with Gasteiger partial charge < -0.3 is 20.7 Å². The number of hydrogen-bond acceptors (Lipinski definition) is 8. The Kier molecular flexibility index (Phi) is 6.95. The number of amides is 2. The van der Waals surface area contributed by atoms with Crippen LogP contribution in [-0.2, 0) is 15.1 Å². The fourth-order valence-electron chi connectivity index (χ4n) is 4.52. The van der Waals surface area contributed by atoms with Gasteiger partial charge in [-0.3, -0.25) is 19.5 Å². The molecule has 2 amide bonds. The van der Waals surface area contributed by atoms with Gasteiger partial charge >= 0.3 is 0 Å². The standard InChI is InChI=1S/C24H30ClN7O3/c1-14-10-15(8-9-35-14)32-20(33)11-24(2,30-23(32)26)16-6-5-7-17(21(16)25)29-22(34)18-12-27-13-19(28-18)31(3)4/h5-7,12-15H,8-11H2,1-4H3,(H2,26,30)(H,29,34)/t14-,15?,24+/m1/s1. The first kappa shape index (κ1) is 24.9. The van der Waals surface area contributed by atoms with E-state index in [0.29, 0.717) is 36.5 Å². The summed E-state index contributed by atoms with van der Waals surface area (Å²) in [6.07, 6.45) is 4.53. The summed E-state index contributed by atoms with van der Waals surface area (Å²) in [7, 11) is 3.63. The number of ether oxygens (including phenoxy) is 1. The molecule has 0 radical (unpaired) electrons. The number of nitrogens with two attached hydrogens (primary N) is 1. The van der Waals surface area contributed by atoms with Gasteiger partial charge in [0.2, 0.25) is 5.91 Å². The summed E-state index contributed by atoms with van der Waals surface area (Å²) >= 11 is 6.73. The lowest BCUT2D eigenvalue weighted by Crippen LogP contribution is -2.56. The van der Waals surface area contributed by atoms with E-state index in [1.807, 2.05) is 27.9 Å². The number of halogens is 1. The summed E-state index contributed by atoms with van der Waals surface area (Å²) in [5.74, 6) is 0.163. The molecule has 10 nitrogen and oxygen atoms in total. The largest absolute Gasteiger partial charge is 0.378 e. The third-order valence-electron chi connectivity index (χ3n) is 6.33. The van der Waals surface area contributed by atoms with Crippen LogP contribution in [0.3, 0.4) is 0 Å². The van der Waals surface area contributed by atoms with Crippen molar-refractivity contribution >= 4 is 40.9 Å². The van der Waals surface area contributed by atoms with Crippen molar-refractivity contribution < 1.29 is 14.3 Å². The van der Waals surface area contributed by atoms with Crippen LogP contribution >= 0.6 is 11.6 Å². The topological polar surface area (TPSA) is 126 Å². The molecule has 4 rings (SSSR count). The van der Waals surface area contributed by atoms with Crippen LogP contribution in [0.15, 0.2) is 35.6 Å². The second-order valence-corrected chi connectivity index (χ2v) is 9.70. The van der Waals surface area contributed by atoms with Gasteiger partial charge in [-0.1, -0.05) is 23.7 Å². The van der Waals surface area contributed by atoms with Gasteiger partial charge in [-0.15, -0.1) is 0 Å². The SMILES string of the molecule is C[C@@H]1CC(N2C(=O)C[C@@](C)(c3cccc(NC(=O)c4cncc(N(C)C)n4)c3Cl)N=C2N)CCO1. The quantitative estimate of drug-likeness (QED) is 0.647. The number of carbonyl (C=O) groups is 2. The smallest absolute Gasteiger partial charge is 0.275 e. The molecule has 0 spiro atoms. The minimum absolute atomic E-state index is 0.0420. The molecule has 35 heavy (non-hydrogen) atoms. The van der Waals surface area contributed by atoms with Crippen molar-refractivity contribution in [2.45, 2.75) is 50.8 Å². The number of aliphatic imine (C=N–C) groups is 1. The van der Waals surface area contributed by atoms with Crippen LogP contribution in [0.4, 0.5) is 11.5 Å². The van der Waals surface area contributed by atoms with E-state index in [0.717, 1.165) is 0 Å². The Balaban J connectivity index is 1.60. The molecule has 1 aromatic heterocycles. The number of rotatable bonds is 5. The summed E-state index contributed by atoms with van der Waals surface area (Å²) in [6.45, 7) is 4.38. The van der Waals surface area contributed by atoms with Crippen LogP contribution < -0.4 is 16.0 Å². The number of nitrogens with one attached hydrogen (secondary N) is 1. The predicted molar refractivity (Wildman–Crippen MR) is 135 cm³/mol. The van der Waals surface area contributed by atoms with Crippen molar-refractivity contribution in [2.75, 3.05) is 30.9 Å². The maximum atomic E-state index is 13.2. The Morgan fingerprint density at radius 1 is 1.34 bits per heavy atom. The number of nitrogens with zero attached hydrogens (tertiary/aromatic N) is 5. The minimum Gasteiger partial charge on any atom is -0.378 e. The molecule has 2 aliphatic heterocycles. The molecular weight excluding hydrogens is 470 g/mol. The van der Waals surface area contributed by atoms with Crippen LogP contribution in [0.2, 0.25) is 5.02 Å². The summed E-state index contributed by atoms with van der Waals surface area (Å²) in [5.41, 5.74) is 6.48. The number of guanidine groups is 1. The molecule has 3 atom stereocenters. The van der Waals surface area contributed by atoms with E-state index in [1.54, 1.807) is 34.2 Å². The summed E-state index contributed by atoms with van der Waals surface area (Å²) < 4.78 is 5.61. The molecule has 1 fully saturated rings. The van der Waals surface area contributed by atoms with Gasteiger partial charge in [0, 0.05) is 32.3 Å².